The number of aryl methyl sites for hydroxylation is 1. The van der Waals surface area contributed by atoms with E-state index in [-0.39, 0.29) is 5.54 Å². The second-order valence-electron chi connectivity index (χ2n) is 6.59. The van der Waals surface area contributed by atoms with Gasteiger partial charge in [0.2, 0.25) is 0 Å². The molecule has 0 amide bonds. The molecule has 2 heterocycles. The molecule has 1 atom stereocenters. The Hall–Kier alpha value is -0.940. The van der Waals surface area contributed by atoms with Crippen molar-refractivity contribution in [3.63, 3.8) is 0 Å². The third kappa shape index (κ3) is 3.83. The van der Waals surface area contributed by atoms with Gasteiger partial charge >= 0.3 is 0 Å². The highest BCUT2D eigenvalue weighted by Gasteiger charge is 2.35. The number of nitrogens with zero attached hydrogens (tertiary/aromatic N) is 4. The standard InChI is InChI=1S/C16H31N5/c1-5-21-15(18-13-19-21)12-14(17-4)16(2,3)20-10-8-6-7-9-11-20/h13-14,17H,5-12H2,1-4H3. The average Bonchev–Trinajstić information content (AvgIpc) is 2.73. The van der Waals surface area contributed by atoms with Gasteiger partial charge in [-0.2, -0.15) is 5.10 Å². The van der Waals surface area contributed by atoms with Gasteiger partial charge in [-0.25, -0.2) is 4.98 Å². The van der Waals surface area contributed by atoms with Gasteiger partial charge in [-0.3, -0.25) is 9.58 Å². The molecule has 1 N–H and O–H groups in total. The summed E-state index contributed by atoms with van der Waals surface area (Å²) in [5, 5.41) is 7.82. The van der Waals surface area contributed by atoms with Crippen molar-refractivity contribution in [3.05, 3.63) is 12.2 Å². The Morgan fingerprint density at radius 3 is 2.48 bits per heavy atom. The zero-order valence-corrected chi connectivity index (χ0v) is 14.1. The van der Waals surface area contributed by atoms with E-state index in [4.69, 9.17) is 0 Å². The van der Waals surface area contributed by atoms with Crippen LogP contribution in [0.3, 0.4) is 0 Å². The van der Waals surface area contributed by atoms with Crippen molar-refractivity contribution in [2.75, 3.05) is 20.1 Å². The van der Waals surface area contributed by atoms with E-state index >= 15 is 0 Å². The molecule has 2 rings (SSSR count). The minimum Gasteiger partial charge on any atom is -0.315 e. The highest BCUT2D eigenvalue weighted by atomic mass is 15.3. The molecular formula is C16H31N5. The summed E-state index contributed by atoms with van der Waals surface area (Å²) in [5.41, 5.74) is 0.129. The fourth-order valence-electron chi connectivity index (χ4n) is 3.47. The molecule has 0 bridgehead atoms. The maximum absolute atomic E-state index is 4.45. The largest absolute Gasteiger partial charge is 0.315 e. The van der Waals surface area contributed by atoms with Crippen molar-refractivity contribution < 1.29 is 0 Å². The van der Waals surface area contributed by atoms with Gasteiger partial charge in [0.25, 0.3) is 0 Å². The van der Waals surface area contributed by atoms with Gasteiger partial charge < -0.3 is 5.32 Å². The fourth-order valence-corrected chi connectivity index (χ4v) is 3.47. The quantitative estimate of drug-likeness (QED) is 0.872. The van der Waals surface area contributed by atoms with Crippen LogP contribution in [0.1, 0.15) is 52.3 Å². The Morgan fingerprint density at radius 1 is 1.24 bits per heavy atom. The van der Waals surface area contributed by atoms with Crippen molar-refractivity contribution >= 4 is 0 Å². The molecule has 1 saturated heterocycles. The highest BCUT2D eigenvalue weighted by molar-refractivity contribution is 5.00. The van der Waals surface area contributed by atoms with Crippen molar-refractivity contribution in [3.8, 4) is 0 Å². The molecule has 0 aromatic carbocycles. The summed E-state index contributed by atoms with van der Waals surface area (Å²) >= 11 is 0. The first-order valence-electron chi connectivity index (χ1n) is 8.38. The lowest BCUT2D eigenvalue weighted by atomic mass is 9.89. The second kappa shape index (κ2) is 7.36. The molecule has 1 unspecified atom stereocenters. The third-order valence-electron chi connectivity index (χ3n) is 5.00. The number of likely N-dealkylation sites (tertiary alicyclic amines) is 1. The average molecular weight is 293 g/mol. The van der Waals surface area contributed by atoms with E-state index in [1.54, 1.807) is 6.33 Å². The maximum Gasteiger partial charge on any atom is 0.138 e. The smallest absolute Gasteiger partial charge is 0.138 e. The minimum absolute atomic E-state index is 0.129. The van der Waals surface area contributed by atoms with E-state index in [9.17, 15) is 0 Å². The van der Waals surface area contributed by atoms with Crippen molar-refractivity contribution in [1.82, 2.24) is 25.0 Å². The van der Waals surface area contributed by atoms with E-state index in [0.29, 0.717) is 6.04 Å². The first-order valence-corrected chi connectivity index (χ1v) is 8.38. The molecular weight excluding hydrogens is 262 g/mol. The Balaban J connectivity index is 2.10. The Labute approximate surface area is 129 Å². The lowest BCUT2D eigenvalue weighted by Crippen LogP contribution is -2.58. The van der Waals surface area contributed by atoms with E-state index in [2.05, 4.69) is 48.1 Å². The summed E-state index contributed by atoms with van der Waals surface area (Å²) in [6, 6.07) is 0.380. The molecule has 1 aliphatic rings. The minimum atomic E-state index is 0.129. The molecule has 5 heteroatoms. The number of likely N-dealkylation sites (N-methyl/N-ethyl adjacent to an activating group) is 1. The summed E-state index contributed by atoms with van der Waals surface area (Å²) < 4.78 is 2.00. The summed E-state index contributed by atoms with van der Waals surface area (Å²) in [6.07, 6.45) is 8.00. The highest BCUT2D eigenvalue weighted by Crippen LogP contribution is 2.25. The lowest BCUT2D eigenvalue weighted by molar-refractivity contribution is 0.0853. The number of nitrogens with one attached hydrogen (secondary N) is 1. The van der Waals surface area contributed by atoms with Crippen LogP contribution >= 0.6 is 0 Å². The summed E-state index contributed by atoms with van der Waals surface area (Å²) in [4.78, 5) is 7.11. The van der Waals surface area contributed by atoms with Gasteiger partial charge in [-0.15, -0.1) is 0 Å². The molecule has 1 aromatic rings. The predicted octanol–water partition coefficient (Wildman–Crippen LogP) is 2.08. The normalized spacial score (nSPS) is 19.4. The van der Waals surface area contributed by atoms with Gasteiger partial charge in [0.15, 0.2) is 0 Å². The summed E-state index contributed by atoms with van der Waals surface area (Å²) in [6.45, 7) is 10.2. The van der Waals surface area contributed by atoms with Crippen LogP contribution in [0.25, 0.3) is 0 Å². The molecule has 0 aliphatic carbocycles. The van der Waals surface area contributed by atoms with Crippen LogP contribution in [0.4, 0.5) is 0 Å². The van der Waals surface area contributed by atoms with Crippen LogP contribution in [0.15, 0.2) is 6.33 Å². The van der Waals surface area contributed by atoms with Crippen LogP contribution in [0.5, 0.6) is 0 Å². The van der Waals surface area contributed by atoms with E-state index in [0.717, 1.165) is 18.8 Å². The summed E-state index contributed by atoms with van der Waals surface area (Å²) in [7, 11) is 2.07. The molecule has 120 valence electrons. The third-order valence-corrected chi connectivity index (χ3v) is 5.00. The number of aromatic nitrogens is 3. The van der Waals surface area contributed by atoms with Crippen molar-refractivity contribution in [2.24, 2.45) is 0 Å². The van der Waals surface area contributed by atoms with Crippen LogP contribution < -0.4 is 5.32 Å². The zero-order chi connectivity index (χ0) is 15.3. The van der Waals surface area contributed by atoms with Crippen LogP contribution in [-0.2, 0) is 13.0 Å². The Morgan fingerprint density at radius 2 is 1.90 bits per heavy atom. The molecule has 1 aliphatic heterocycles. The molecule has 5 nitrogen and oxygen atoms in total. The predicted molar refractivity (Wildman–Crippen MR) is 86.4 cm³/mol. The molecule has 0 saturated carbocycles. The Kier molecular flexibility index (Phi) is 5.76. The number of rotatable bonds is 6. The van der Waals surface area contributed by atoms with E-state index < -0.39 is 0 Å². The molecule has 21 heavy (non-hydrogen) atoms. The van der Waals surface area contributed by atoms with Crippen molar-refractivity contribution in [2.45, 2.75) is 71.0 Å². The maximum atomic E-state index is 4.45. The molecule has 0 spiro atoms. The number of hydrogen-bond acceptors (Lipinski definition) is 4. The van der Waals surface area contributed by atoms with Crippen LogP contribution in [0, 0.1) is 0 Å². The SMILES string of the molecule is CCn1ncnc1CC(NC)C(C)(C)N1CCCCCC1. The van der Waals surface area contributed by atoms with Gasteiger partial charge in [0, 0.05) is 24.5 Å². The van der Waals surface area contributed by atoms with E-state index in [1.165, 1.54) is 38.8 Å². The molecule has 1 fully saturated rings. The monoisotopic (exact) mass is 293 g/mol. The van der Waals surface area contributed by atoms with Crippen molar-refractivity contribution in [1.29, 1.82) is 0 Å². The molecule has 1 aromatic heterocycles. The first kappa shape index (κ1) is 16.4. The van der Waals surface area contributed by atoms with E-state index in [1.807, 2.05) is 4.68 Å². The van der Waals surface area contributed by atoms with Crippen LogP contribution in [-0.4, -0.2) is 51.4 Å². The molecule has 0 radical (unpaired) electrons. The zero-order valence-electron chi connectivity index (χ0n) is 14.1. The van der Waals surface area contributed by atoms with Gasteiger partial charge in [0.1, 0.15) is 12.2 Å². The summed E-state index contributed by atoms with van der Waals surface area (Å²) in [5.74, 6) is 1.08. The Bertz CT molecular complexity index is 418. The van der Waals surface area contributed by atoms with Crippen LogP contribution in [0.2, 0.25) is 0 Å². The lowest BCUT2D eigenvalue weighted by Gasteiger charge is -2.44. The fraction of sp³-hybridized carbons (Fsp3) is 0.875. The first-order chi connectivity index (χ1) is 10.1. The second-order valence-corrected chi connectivity index (χ2v) is 6.59. The van der Waals surface area contributed by atoms with Gasteiger partial charge in [0.05, 0.1) is 0 Å². The van der Waals surface area contributed by atoms with Gasteiger partial charge in [-0.05, 0) is 53.8 Å². The van der Waals surface area contributed by atoms with Gasteiger partial charge in [-0.1, -0.05) is 12.8 Å². The number of hydrogen-bond donors (Lipinski definition) is 1. The topological polar surface area (TPSA) is 46.0 Å².